The number of rotatable bonds is 12. The van der Waals surface area contributed by atoms with E-state index in [1.54, 1.807) is 110 Å². The van der Waals surface area contributed by atoms with Gasteiger partial charge in [0, 0.05) is 0 Å². The fourth-order valence-corrected chi connectivity index (χ4v) is 5.17. The van der Waals surface area contributed by atoms with Crippen molar-refractivity contribution in [3.8, 4) is 0 Å². The van der Waals surface area contributed by atoms with Gasteiger partial charge in [0.05, 0.1) is 18.2 Å². The number of aliphatic hydroxyl groups is 1. The molecular formula is C33H31F2NO4S. The van der Waals surface area contributed by atoms with E-state index in [9.17, 15) is 13.5 Å². The van der Waals surface area contributed by atoms with Gasteiger partial charge in [0.2, 0.25) is 0 Å². The summed E-state index contributed by atoms with van der Waals surface area (Å²) in [7, 11) is -4.58. The van der Waals surface area contributed by atoms with Gasteiger partial charge in [-0.1, -0.05) is 127 Å². The number of aryl methyl sites for hydroxylation is 1. The summed E-state index contributed by atoms with van der Waals surface area (Å²) < 4.78 is 62.9. The predicted molar refractivity (Wildman–Crippen MR) is 157 cm³/mol. The van der Waals surface area contributed by atoms with Gasteiger partial charge in [0.25, 0.3) is 0 Å². The zero-order chi connectivity index (χ0) is 29.5. The SMILES string of the molecule is C=C(OS(=O)(=O)c1ccc(C)cc1)C(F)(F)[C@H](/C=C/c1ccccc1)N[C@@H](c1ccccc1)[C@H](O)c1ccccc1. The Balaban J connectivity index is 1.71. The molecule has 0 bridgehead atoms. The van der Waals surface area contributed by atoms with E-state index >= 15 is 8.78 Å². The third-order valence-electron chi connectivity index (χ3n) is 6.54. The minimum Gasteiger partial charge on any atom is -0.386 e. The molecule has 8 heteroatoms. The maximum absolute atomic E-state index is 16.2. The van der Waals surface area contributed by atoms with Crippen molar-refractivity contribution in [1.82, 2.24) is 5.32 Å². The Morgan fingerprint density at radius 1 is 0.854 bits per heavy atom. The van der Waals surface area contributed by atoms with Crippen LogP contribution in [-0.2, 0) is 14.3 Å². The Bertz CT molecular complexity index is 1560. The van der Waals surface area contributed by atoms with Crippen LogP contribution in [0.4, 0.5) is 8.78 Å². The Kier molecular flexibility index (Phi) is 9.50. The van der Waals surface area contributed by atoms with Gasteiger partial charge in [0.15, 0.2) is 5.76 Å². The summed E-state index contributed by atoms with van der Waals surface area (Å²) in [5.41, 5.74) is 2.51. The lowest BCUT2D eigenvalue weighted by atomic mass is 9.93. The van der Waals surface area contributed by atoms with E-state index in [-0.39, 0.29) is 4.90 Å². The maximum Gasteiger partial charge on any atom is 0.339 e. The van der Waals surface area contributed by atoms with Crippen LogP contribution in [0.1, 0.15) is 34.4 Å². The average Bonchev–Trinajstić information content (AvgIpc) is 2.98. The molecule has 4 aromatic carbocycles. The molecule has 4 aromatic rings. The Morgan fingerprint density at radius 3 is 1.93 bits per heavy atom. The molecule has 5 nitrogen and oxygen atoms in total. The minimum atomic E-state index is -4.58. The molecule has 0 heterocycles. The number of alkyl halides is 2. The first-order chi connectivity index (χ1) is 19.6. The third-order valence-corrected chi connectivity index (χ3v) is 7.81. The van der Waals surface area contributed by atoms with Gasteiger partial charge in [-0.15, -0.1) is 0 Å². The lowest BCUT2D eigenvalue weighted by Gasteiger charge is -2.33. The fourth-order valence-electron chi connectivity index (χ4n) is 4.23. The van der Waals surface area contributed by atoms with Crippen molar-refractivity contribution < 1.29 is 26.5 Å². The molecule has 0 radical (unpaired) electrons. The van der Waals surface area contributed by atoms with Gasteiger partial charge >= 0.3 is 16.0 Å². The first-order valence-electron chi connectivity index (χ1n) is 12.9. The monoisotopic (exact) mass is 575 g/mol. The van der Waals surface area contributed by atoms with Crippen LogP contribution in [0.2, 0.25) is 0 Å². The molecule has 4 rings (SSSR count). The lowest BCUT2D eigenvalue weighted by molar-refractivity contribution is -0.0236. The number of hydrogen-bond acceptors (Lipinski definition) is 5. The minimum absolute atomic E-state index is 0.272. The summed E-state index contributed by atoms with van der Waals surface area (Å²) in [6.45, 7) is 5.10. The Hall–Kier alpha value is -4.11. The molecule has 0 unspecified atom stereocenters. The smallest absolute Gasteiger partial charge is 0.339 e. The van der Waals surface area contributed by atoms with Crippen LogP contribution in [0, 0.1) is 6.92 Å². The second-order valence-corrected chi connectivity index (χ2v) is 11.1. The second kappa shape index (κ2) is 13.0. The van der Waals surface area contributed by atoms with Crippen molar-refractivity contribution in [1.29, 1.82) is 0 Å². The van der Waals surface area contributed by atoms with Gasteiger partial charge in [0.1, 0.15) is 4.90 Å². The zero-order valence-corrected chi connectivity index (χ0v) is 23.2. The first kappa shape index (κ1) is 29.9. The normalized spacial score (nSPS) is 14.3. The summed E-state index contributed by atoms with van der Waals surface area (Å²) in [4.78, 5) is -0.272. The Labute approximate surface area is 239 Å². The van der Waals surface area contributed by atoms with E-state index in [1.807, 2.05) is 0 Å². The standard InChI is InChI=1S/C33H31F2NO4S/c1-24-18-21-29(22-19-24)41(38,39)40-25(2)33(34,35)30(23-20-26-12-6-3-7-13-26)36-31(27-14-8-4-9-15-27)32(37)28-16-10-5-11-17-28/h3-23,30-32,36-37H,2H2,1H3/b23-20+/t30-,31-,32+/m0/s1. The van der Waals surface area contributed by atoms with Crippen LogP contribution in [-0.4, -0.2) is 25.5 Å². The highest BCUT2D eigenvalue weighted by molar-refractivity contribution is 7.86. The quantitative estimate of drug-likeness (QED) is 0.141. The van der Waals surface area contributed by atoms with Crippen LogP contribution in [0.25, 0.3) is 6.08 Å². The van der Waals surface area contributed by atoms with Crippen LogP contribution >= 0.6 is 0 Å². The summed E-state index contributed by atoms with van der Waals surface area (Å²) >= 11 is 0. The molecule has 2 N–H and O–H groups in total. The van der Waals surface area contributed by atoms with Crippen LogP contribution in [0.15, 0.2) is 139 Å². The molecule has 0 aliphatic carbocycles. The van der Waals surface area contributed by atoms with Gasteiger partial charge in [-0.05, 0) is 35.7 Å². The molecule has 0 saturated heterocycles. The zero-order valence-electron chi connectivity index (χ0n) is 22.4. The number of nitrogens with one attached hydrogen (secondary N) is 1. The van der Waals surface area contributed by atoms with Crippen molar-refractivity contribution in [3.63, 3.8) is 0 Å². The molecule has 212 valence electrons. The molecule has 0 aliphatic heterocycles. The summed E-state index contributed by atoms with van der Waals surface area (Å²) in [5.74, 6) is -5.18. The number of halogens is 2. The maximum atomic E-state index is 16.2. The largest absolute Gasteiger partial charge is 0.386 e. The molecule has 0 saturated carbocycles. The van der Waals surface area contributed by atoms with E-state index < -0.39 is 40.0 Å². The summed E-state index contributed by atoms with van der Waals surface area (Å²) in [6, 6.07) is 29.0. The van der Waals surface area contributed by atoms with Crippen LogP contribution < -0.4 is 5.32 Å². The summed E-state index contributed by atoms with van der Waals surface area (Å²) in [6.07, 6.45) is 1.49. The van der Waals surface area contributed by atoms with Crippen molar-refractivity contribution in [2.24, 2.45) is 0 Å². The molecule has 3 atom stereocenters. The van der Waals surface area contributed by atoms with Crippen molar-refractivity contribution in [3.05, 3.63) is 156 Å². The highest BCUT2D eigenvalue weighted by atomic mass is 32.2. The molecule has 0 fully saturated rings. The van der Waals surface area contributed by atoms with Gasteiger partial charge < -0.3 is 9.29 Å². The second-order valence-electron chi connectivity index (χ2n) is 9.55. The van der Waals surface area contributed by atoms with E-state index in [1.165, 1.54) is 24.3 Å². The highest BCUT2D eigenvalue weighted by Gasteiger charge is 2.46. The average molecular weight is 576 g/mol. The summed E-state index contributed by atoms with van der Waals surface area (Å²) in [5, 5.41) is 14.2. The van der Waals surface area contributed by atoms with Gasteiger partial charge in [-0.2, -0.15) is 17.2 Å². The number of aliphatic hydroxyl groups excluding tert-OH is 1. The van der Waals surface area contributed by atoms with Crippen molar-refractivity contribution in [2.45, 2.75) is 35.9 Å². The van der Waals surface area contributed by atoms with E-state index in [4.69, 9.17) is 4.18 Å². The predicted octanol–water partition coefficient (Wildman–Crippen LogP) is 7.00. The van der Waals surface area contributed by atoms with Crippen LogP contribution in [0.3, 0.4) is 0 Å². The topological polar surface area (TPSA) is 75.6 Å². The molecule has 41 heavy (non-hydrogen) atoms. The van der Waals surface area contributed by atoms with Crippen LogP contribution in [0.5, 0.6) is 0 Å². The van der Waals surface area contributed by atoms with Crippen molar-refractivity contribution >= 4 is 16.2 Å². The lowest BCUT2D eigenvalue weighted by Crippen LogP contribution is -2.48. The molecule has 0 aromatic heterocycles. The van der Waals surface area contributed by atoms with E-state index in [2.05, 4.69) is 11.9 Å². The highest BCUT2D eigenvalue weighted by Crippen LogP contribution is 2.36. The molecule has 0 spiro atoms. The molecule has 0 aliphatic rings. The Morgan fingerprint density at radius 2 is 1.37 bits per heavy atom. The number of hydrogen-bond donors (Lipinski definition) is 2. The van der Waals surface area contributed by atoms with Crippen molar-refractivity contribution in [2.75, 3.05) is 0 Å². The molecular weight excluding hydrogens is 544 g/mol. The fraction of sp³-hybridized carbons (Fsp3) is 0.152. The van der Waals surface area contributed by atoms with E-state index in [0.29, 0.717) is 16.7 Å². The van der Waals surface area contributed by atoms with Gasteiger partial charge in [-0.25, -0.2) is 0 Å². The van der Waals surface area contributed by atoms with E-state index in [0.717, 1.165) is 5.56 Å². The third kappa shape index (κ3) is 7.55. The molecule has 0 amide bonds. The number of benzene rings is 4. The first-order valence-corrected chi connectivity index (χ1v) is 14.3. The van der Waals surface area contributed by atoms with Gasteiger partial charge in [-0.3, -0.25) is 5.32 Å².